The second-order valence-corrected chi connectivity index (χ2v) is 4.43. The Morgan fingerprint density at radius 3 is 2.37 bits per heavy atom. The molecule has 3 nitrogen and oxygen atoms in total. The van der Waals surface area contributed by atoms with Gasteiger partial charge in [0, 0.05) is 12.6 Å². The average molecular weight is 275 g/mol. The summed E-state index contributed by atoms with van der Waals surface area (Å²) in [4.78, 5) is 11.1. The number of hydrogen-bond acceptors (Lipinski definition) is 2. The molecule has 0 saturated carbocycles. The summed E-state index contributed by atoms with van der Waals surface area (Å²) in [7, 11) is 0. The molecule has 0 fully saturated rings. The van der Waals surface area contributed by atoms with Gasteiger partial charge in [-0.2, -0.15) is 13.2 Å². The van der Waals surface area contributed by atoms with Crippen LogP contribution in [0.3, 0.4) is 0 Å². The van der Waals surface area contributed by atoms with Crippen molar-refractivity contribution in [3.8, 4) is 0 Å². The molecule has 0 heterocycles. The van der Waals surface area contributed by atoms with Gasteiger partial charge in [0.2, 0.25) is 0 Å². The number of nitrogens with one attached hydrogen (secondary N) is 1. The zero-order valence-corrected chi connectivity index (χ0v) is 10.4. The van der Waals surface area contributed by atoms with Gasteiger partial charge in [0.05, 0.1) is 12.3 Å². The van der Waals surface area contributed by atoms with E-state index in [4.69, 9.17) is 5.11 Å². The molecule has 0 aromatic heterocycles. The van der Waals surface area contributed by atoms with E-state index in [1.54, 1.807) is 30.3 Å². The molecule has 2 atom stereocenters. The first kappa shape index (κ1) is 15.5. The standard InChI is InChI=1S/C13H16F3NO2/c1-9(7-13(14,15)16)17-8-11(12(18)19)10-5-3-2-4-6-10/h2-6,9,11,17H,7-8H2,1H3,(H,18,19). The summed E-state index contributed by atoms with van der Waals surface area (Å²) in [5, 5.41) is 11.7. The fourth-order valence-corrected chi connectivity index (χ4v) is 1.77. The molecule has 1 rings (SSSR count). The van der Waals surface area contributed by atoms with Gasteiger partial charge in [-0.05, 0) is 12.5 Å². The highest BCUT2D eigenvalue weighted by molar-refractivity contribution is 5.76. The van der Waals surface area contributed by atoms with Crippen LogP contribution in [-0.2, 0) is 4.79 Å². The van der Waals surface area contributed by atoms with Gasteiger partial charge < -0.3 is 10.4 Å². The van der Waals surface area contributed by atoms with Crippen molar-refractivity contribution in [3.63, 3.8) is 0 Å². The highest BCUT2D eigenvalue weighted by Crippen LogP contribution is 2.22. The van der Waals surface area contributed by atoms with Crippen molar-refractivity contribution in [2.24, 2.45) is 0 Å². The van der Waals surface area contributed by atoms with Crippen molar-refractivity contribution >= 4 is 5.97 Å². The van der Waals surface area contributed by atoms with Crippen LogP contribution in [0.2, 0.25) is 0 Å². The minimum atomic E-state index is -4.25. The maximum absolute atomic E-state index is 12.2. The van der Waals surface area contributed by atoms with Gasteiger partial charge in [-0.25, -0.2) is 0 Å². The Kier molecular flexibility index (Phi) is 5.35. The lowest BCUT2D eigenvalue weighted by molar-refractivity contribution is -0.140. The number of halogens is 3. The Morgan fingerprint density at radius 1 is 1.32 bits per heavy atom. The summed E-state index contributed by atoms with van der Waals surface area (Å²) in [5.41, 5.74) is 0.571. The van der Waals surface area contributed by atoms with Gasteiger partial charge in [-0.15, -0.1) is 0 Å². The van der Waals surface area contributed by atoms with E-state index in [2.05, 4.69) is 5.32 Å². The maximum atomic E-state index is 12.2. The van der Waals surface area contributed by atoms with Crippen LogP contribution >= 0.6 is 0 Å². The van der Waals surface area contributed by atoms with Crippen molar-refractivity contribution in [2.75, 3.05) is 6.54 Å². The predicted molar refractivity (Wildman–Crippen MR) is 65.0 cm³/mol. The first-order chi connectivity index (χ1) is 8.79. The van der Waals surface area contributed by atoms with Crippen molar-refractivity contribution in [2.45, 2.75) is 31.5 Å². The monoisotopic (exact) mass is 275 g/mol. The first-order valence-electron chi connectivity index (χ1n) is 5.87. The van der Waals surface area contributed by atoms with Gasteiger partial charge in [0.1, 0.15) is 0 Å². The van der Waals surface area contributed by atoms with E-state index >= 15 is 0 Å². The molecule has 1 aromatic rings. The van der Waals surface area contributed by atoms with Crippen molar-refractivity contribution in [3.05, 3.63) is 35.9 Å². The SMILES string of the molecule is CC(CC(F)(F)F)NCC(C(=O)O)c1ccccc1. The molecule has 0 spiro atoms. The fourth-order valence-electron chi connectivity index (χ4n) is 1.77. The van der Waals surface area contributed by atoms with Gasteiger partial charge in [-0.1, -0.05) is 30.3 Å². The minimum Gasteiger partial charge on any atom is -0.481 e. The lowest BCUT2D eigenvalue weighted by Gasteiger charge is -2.19. The Labute approximate surface area is 109 Å². The van der Waals surface area contributed by atoms with E-state index in [1.165, 1.54) is 6.92 Å². The van der Waals surface area contributed by atoms with E-state index in [-0.39, 0.29) is 6.54 Å². The maximum Gasteiger partial charge on any atom is 0.390 e. The largest absolute Gasteiger partial charge is 0.481 e. The highest BCUT2D eigenvalue weighted by atomic mass is 19.4. The number of alkyl halides is 3. The van der Waals surface area contributed by atoms with E-state index in [0.717, 1.165) is 0 Å². The number of benzene rings is 1. The van der Waals surface area contributed by atoms with Gasteiger partial charge in [0.15, 0.2) is 0 Å². The van der Waals surface area contributed by atoms with Gasteiger partial charge in [-0.3, -0.25) is 4.79 Å². The molecule has 0 saturated heterocycles. The van der Waals surface area contributed by atoms with Crippen LogP contribution in [0.25, 0.3) is 0 Å². The van der Waals surface area contributed by atoms with Crippen LogP contribution in [0.15, 0.2) is 30.3 Å². The highest BCUT2D eigenvalue weighted by Gasteiger charge is 2.30. The van der Waals surface area contributed by atoms with Crippen molar-refractivity contribution in [1.82, 2.24) is 5.32 Å². The molecule has 2 N–H and O–H groups in total. The number of carbonyl (C=O) groups is 1. The summed E-state index contributed by atoms with van der Waals surface area (Å²) >= 11 is 0. The molecule has 6 heteroatoms. The van der Waals surface area contributed by atoms with Crippen LogP contribution in [0.5, 0.6) is 0 Å². The summed E-state index contributed by atoms with van der Waals surface area (Å²) in [6.45, 7) is 1.36. The van der Waals surface area contributed by atoms with Crippen LogP contribution in [0.1, 0.15) is 24.8 Å². The van der Waals surface area contributed by atoms with Gasteiger partial charge >= 0.3 is 12.1 Å². The molecule has 106 valence electrons. The van der Waals surface area contributed by atoms with Crippen LogP contribution in [-0.4, -0.2) is 29.8 Å². The zero-order valence-electron chi connectivity index (χ0n) is 10.4. The number of carboxylic acids is 1. The van der Waals surface area contributed by atoms with Crippen LogP contribution in [0.4, 0.5) is 13.2 Å². The quantitative estimate of drug-likeness (QED) is 0.839. The molecule has 0 radical (unpaired) electrons. The van der Waals surface area contributed by atoms with E-state index in [9.17, 15) is 18.0 Å². The fraction of sp³-hybridized carbons (Fsp3) is 0.462. The van der Waals surface area contributed by atoms with E-state index < -0.39 is 30.5 Å². The number of carboxylic acid groups (broad SMARTS) is 1. The molecule has 0 aliphatic heterocycles. The molecule has 1 aromatic carbocycles. The molecular formula is C13H16F3NO2. The smallest absolute Gasteiger partial charge is 0.390 e. The van der Waals surface area contributed by atoms with E-state index in [1.807, 2.05) is 0 Å². The normalized spacial score (nSPS) is 14.9. The topological polar surface area (TPSA) is 49.3 Å². The summed E-state index contributed by atoms with van der Waals surface area (Å²) in [6.07, 6.45) is -5.23. The predicted octanol–water partition coefficient (Wildman–Crippen LogP) is 2.79. The molecular weight excluding hydrogens is 259 g/mol. The Bertz CT molecular complexity index is 406. The number of aliphatic carboxylic acids is 1. The van der Waals surface area contributed by atoms with Crippen molar-refractivity contribution in [1.29, 1.82) is 0 Å². The summed E-state index contributed by atoms with van der Waals surface area (Å²) in [6, 6.07) is 7.63. The van der Waals surface area contributed by atoms with Crippen LogP contribution in [0, 0.1) is 0 Å². The van der Waals surface area contributed by atoms with Gasteiger partial charge in [0.25, 0.3) is 0 Å². The lowest BCUT2D eigenvalue weighted by Crippen LogP contribution is -2.36. The molecule has 2 unspecified atom stereocenters. The average Bonchev–Trinajstić information content (AvgIpc) is 2.27. The summed E-state index contributed by atoms with van der Waals surface area (Å²) < 4.78 is 36.5. The molecule has 0 bridgehead atoms. The minimum absolute atomic E-state index is 0.0312. The molecule has 0 aliphatic carbocycles. The second kappa shape index (κ2) is 6.56. The Morgan fingerprint density at radius 2 is 1.89 bits per heavy atom. The lowest BCUT2D eigenvalue weighted by atomic mass is 9.99. The van der Waals surface area contributed by atoms with Crippen molar-refractivity contribution < 1.29 is 23.1 Å². The number of hydrogen-bond donors (Lipinski definition) is 2. The third-order valence-electron chi connectivity index (χ3n) is 2.71. The Balaban J connectivity index is 2.59. The zero-order chi connectivity index (χ0) is 14.5. The Hall–Kier alpha value is -1.56. The molecule has 19 heavy (non-hydrogen) atoms. The van der Waals surface area contributed by atoms with Crippen LogP contribution < -0.4 is 5.32 Å². The molecule has 0 aliphatic rings. The summed E-state index contributed by atoms with van der Waals surface area (Å²) in [5.74, 6) is -1.91. The van der Waals surface area contributed by atoms with E-state index in [0.29, 0.717) is 5.56 Å². The second-order valence-electron chi connectivity index (χ2n) is 4.43. The molecule has 0 amide bonds. The first-order valence-corrected chi connectivity index (χ1v) is 5.87. The third-order valence-corrected chi connectivity index (χ3v) is 2.71. The number of rotatable bonds is 6. The third kappa shape index (κ3) is 5.74.